The summed E-state index contributed by atoms with van der Waals surface area (Å²) in [7, 11) is 1.86. The highest BCUT2D eigenvalue weighted by Crippen LogP contribution is 2.46. The SMILES string of the molecule is CN(CCC[C@H]1CCCO1)C(=O)NC1(c2cccc(Cl)c2)CC1. The third kappa shape index (κ3) is 4.18. The first kappa shape index (κ1) is 16.6. The molecule has 0 radical (unpaired) electrons. The Morgan fingerprint density at radius 1 is 1.48 bits per heavy atom. The average molecular weight is 337 g/mol. The number of hydrogen-bond acceptors (Lipinski definition) is 2. The van der Waals surface area contributed by atoms with Crippen LogP contribution in [-0.4, -0.2) is 37.2 Å². The van der Waals surface area contributed by atoms with Crippen molar-refractivity contribution < 1.29 is 9.53 Å². The summed E-state index contributed by atoms with van der Waals surface area (Å²) >= 11 is 6.07. The number of nitrogens with zero attached hydrogens (tertiary/aromatic N) is 1. The van der Waals surface area contributed by atoms with E-state index in [9.17, 15) is 4.79 Å². The molecule has 2 aliphatic rings. The lowest BCUT2D eigenvalue weighted by Crippen LogP contribution is -2.43. The van der Waals surface area contributed by atoms with Crippen molar-refractivity contribution in [2.24, 2.45) is 0 Å². The Balaban J connectivity index is 1.48. The van der Waals surface area contributed by atoms with Gasteiger partial charge in [-0.3, -0.25) is 0 Å². The van der Waals surface area contributed by atoms with Crippen molar-refractivity contribution in [3.05, 3.63) is 34.9 Å². The van der Waals surface area contributed by atoms with Gasteiger partial charge in [0, 0.05) is 25.2 Å². The molecule has 1 atom stereocenters. The Bertz CT molecular complexity index is 554. The van der Waals surface area contributed by atoms with Crippen LogP contribution in [0.1, 0.15) is 44.1 Å². The first-order chi connectivity index (χ1) is 11.1. The molecule has 2 fully saturated rings. The maximum absolute atomic E-state index is 12.4. The standard InChI is InChI=1S/C18H25ClN2O2/c1-21(11-3-7-16-8-4-12-23-16)17(22)20-18(9-10-18)14-5-2-6-15(19)13-14/h2,5-6,13,16H,3-4,7-12H2,1H3,(H,20,22)/t16-/m0/s1. The molecule has 23 heavy (non-hydrogen) atoms. The third-order valence-electron chi connectivity index (χ3n) is 4.86. The maximum Gasteiger partial charge on any atom is 0.317 e. The van der Waals surface area contributed by atoms with Gasteiger partial charge in [0.1, 0.15) is 0 Å². The van der Waals surface area contributed by atoms with Crippen molar-refractivity contribution in [1.29, 1.82) is 0 Å². The van der Waals surface area contributed by atoms with Crippen LogP contribution in [0.2, 0.25) is 5.02 Å². The van der Waals surface area contributed by atoms with Gasteiger partial charge in [0.25, 0.3) is 0 Å². The van der Waals surface area contributed by atoms with Gasteiger partial charge in [0.05, 0.1) is 11.6 Å². The molecular weight excluding hydrogens is 312 g/mol. The van der Waals surface area contributed by atoms with Crippen LogP contribution in [0.5, 0.6) is 0 Å². The van der Waals surface area contributed by atoms with Gasteiger partial charge in [-0.2, -0.15) is 0 Å². The first-order valence-corrected chi connectivity index (χ1v) is 8.88. The molecule has 2 amide bonds. The predicted molar refractivity (Wildman–Crippen MR) is 91.7 cm³/mol. The lowest BCUT2D eigenvalue weighted by Gasteiger charge is -2.24. The van der Waals surface area contributed by atoms with E-state index in [1.54, 1.807) is 4.90 Å². The molecule has 0 bridgehead atoms. The summed E-state index contributed by atoms with van der Waals surface area (Å²) in [5, 5.41) is 3.90. The number of rotatable bonds is 6. The van der Waals surface area contributed by atoms with Crippen molar-refractivity contribution in [2.45, 2.75) is 50.2 Å². The molecule has 1 aromatic rings. The molecule has 0 unspecified atom stereocenters. The van der Waals surface area contributed by atoms with Crippen LogP contribution in [0.25, 0.3) is 0 Å². The monoisotopic (exact) mass is 336 g/mol. The Kier molecular flexibility index (Phi) is 5.12. The number of carbonyl (C=O) groups excluding carboxylic acids is 1. The van der Waals surface area contributed by atoms with E-state index < -0.39 is 0 Å². The van der Waals surface area contributed by atoms with Crippen LogP contribution in [-0.2, 0) is 10.3 Å². The van der Waals surface area contributed by atoms with Crippen LogP contribution in [0.15, 0.2) is 24.3 Å². The van der Waals surface area contributed by atoms with E-state index in [0.717, 1.165) is 50.8 Å². The minimum atomic E-state index is -0.217. The van der Waals surface area contributed by atoms with Crippen molar-refractivity contribution in [1.82, 2.24) is 10.2 Å². The second-order valence-corrected chi connectivity index (χ2v) is 7.16. The molecule has 0 aromatic heterocycles. The minimum absolute atomic E-state index is 0.00480. The van der Waals surface area contributed by atoms with Crippen molar-refractivity contribution in [3.8, 4) is 0 Å². The molecule has 1 saturated carbocycles. The fourth-order valence-electron chi connectivity index (χ4n) is 3.23. The van der Waals surface area contributed by atoms with Gasteiger partial charge in [-0.05, 0) is 56.2 Å². The fraction of sp³-hybridized carbons (Fsp3) is 0.611. The number of carbonyl (C=O) groups is 1. The predicted octanol–water partition coefficient (Wildman–Crippen LogP) is 3.93. The average Bonchev–Trinajstić information content (AvgIpc) is 3.13. The molecule has 5 heteroatoms. The molecule has 126 valence electrons. The molecule has 1 aliphatic carbocycles. The Hall–Kier alpha value is -1.26. The molecular formula is C18H25ClN2O2. The Morgan fingerprint density at radius 3 is 2.96 bits per heavy atom. The smallest absolute Gasteiger partial charge is 0.317 e. The first-order valence-electron chi connectivity index (χ1n) is 8.50. The zero-order chi connectivity index (χ0) is 16.3. The van der Waals surface area contributed by atoms with Crippen molar-refractivity contribution in [2.75, 3.05) is 20.2 Å². The summed E-state index contributed by atoms with van der Waals surface area (Å²) in [4.78, 5) is 14.2. The van der Waals surface area contributed by atoms with Crippen LogP contribution in [0, 0.1) is 0 Å². The summed E-state index contributed by atoms with van der Waals surface area (Å²) in [5.41, 5.74) is 0.885. The van der Waals surface area contributed by atoms with E-state index in [0.29, 0.717) is 11.1 Å². The van der Waals surface area contributed by atoms with Gasteiger partial charge in [0.2, 0.25) is 0 Å². The number of halogens is 1. The molecule has 0 spiro atoms. The minimum Gasteiger partial charge on any atom is -0.378 e. The lowest BCUT2D eigenvalue weighted by atomic mass is 10.1. The number of hydrogen-bond donors (Lipinski definition) is 1. The van der Waals surface area contributed by atoms with Gasteiger partial charge in [-0.25, -0.2) is 4.79 Å². The topological polar surface area (TPSA) is 41.6 Å². The Morgan fingerprint density at radius 2 is 2.30 bits per heavy atom. The largest absolute Gasteiger partial charge is 0.378 e. The quantitative estimate of drug-likeness (QED) is 0.855. The van der Waals surface area contributed by atoms with Crippen LogP contribution in [0.4, 0.5) is 4.79 Å². The second kappa shape index (κ2) is 7.10. The van der Waals surface area contributed by atoms with Gasteiger partial charge in [0.15, 0.2) is 0 Å². The summed E-state index contributed by atoms with van der Waals surface area (Å²) < 4.78 is 5.62. The van der Waals surface area contributed by atoms with Gasteiger partial charge in [-0.15, -0.1) is 0 Å². The molecule has 1 N–H and O–H groups in total. The molecule has 1 heterocycles. The summed E-state index contributed by atoms with van der Waals surface area (Å²) in [6.07, 6.45) is 6.70. The maximum atomic E-state index is 12.4. The molecule has 4 nitrogen and oxygen atoms in total. The molecule has 1 saturated heterocycles. The number of amides is 2. The lowest BCUT2D eigenvalue weighted by molar-refractivity contribution is 0.100. The Labute approximate surface area is 143 Å². The number of urea groups is 1. The summed E-state index contributed by atoms with van der Waals surface area (Å²) in [6.45, 7) is 1.65. The number of benzene rings is 1. The summed E-state index contributed by atoms with van der Waals surface area (Å²) in [5.74, 6) is 0. The van der Waals surface area contributed by atoms with Gasteiger partial charge >= 0.3 is 6.03 Å². The highest BCUT2D eigenvalue weighted by molar-refractivity contribution is 6.30. The number of ether oxygens (including phenoxy) is 1. The highest BCUT2D eigenvalue weighted by Gasteiger charge is 2.46. The van der Waals surface area contributed by atoms with Crippen LogP contribution >= 0.6 is 11.6 Å². The normalized spacial score (nSPS) is 21.9. The van der Waals surface area contributed by atoms with E-state index in [2.05, 4.69) is 5.32 Å². The van der Waals surface area contributed by atoms with Crippen LogP contribution in [0.3, 0.4) is 0 Å². The third-order valence-corrected chi connectivity index (χ3v) is 5.10. The molecule has 1 aromatic carbocycles. The van der Waals surface area contributed by atoms with Crippen LogP contribution < -0.4 is 5.32 Å². The van der Waals surface area contributed by atoms with E-state index in [4.69, 9.17) is 16.3 Å². The van der Waals surface area contributed by atoms with Crippen molar-refractivity contribution in [3.63, 3.8) is 0 Å². The zero-order valence-corrected chi connectivity index (χ0v) is 14.4. The van der Waals surface area contributed by atoms with Gasteiger partial charge in [-0.1, -0.05) is 23.7 Å². The van der Waals surface area contributed by atoms with E-state index in [-0.39, 0.29) is 11.6 Å². The van der Waals surface area contributed by atoms with Gasteiger partial charge < -0.3 is 15.0 Å². The molecule has 1 aliphatic heterocycles. The number of nitrogens with one attached hydrogen (secondary N) is 1. The molecule has 3 rings (SSSR count). The van der Waals surface area contributed by atoms with Crippen molar-refractivity contribution >= 4 is 17.6 Å². The second-order valence-electron chi connectivity index (χ2n) is 6.72. The van der Waals surface area contributed by atoms with E-state index in [1.165, 1.54) is 6.42 Å². The van der Waals surface area contributed by atoms with E-state index in [1.807, 2.05) is 31.3 Å². The highest BCUT2D eigenvalue weighted by atomic mass is 35.5. The fourth-order valence-corrected chi connectivity index (χ4v) is 3.42. The zero-order valence-electron chi connectivity index (χ0n) is 13.7. The van der Waals surface area contributed by atoms with E-state index >= 15 is 0 Å². The summed E-state index contributed by atoms with van der Waals surface area (Å²) in [6, 6.07) is 7.79.